The van der Waals surface area contributed by atoms with Crippen LogP contribution in [-0.4, -0.2) is 41.6 Å². The average molecular weight is 380 g/mol. The van der Waals surface area contributed by atoms with Crippen LogP contribution in [0.15, 0.2) is 6.07 Å². The number of nitrogens with zero attached hydrogens (tertiary/aromatic N) is 5. The summed E-state index contributed by atoms with van der Waals surface area (Å²) in [5.74, 6) is 0.263. The van der Waals surface area contributed by atoms with Gasteiger partial charge in [0.2, 0.25) is 11.9 Å². The molecule has 0 bridgehead atoms. The highest BCUT2D eigenvalue weighted by atomic mass is 19.4. The number of nitrogens with one attached hydrogen (secondary N) is 1. The molecule has 1 spiro atoms. The molecule has 0 radical (unpaired) electrons. The molecule has 1 N–H and O–H groups in total. The Kier molecular flexibility index (Phi) is 3.94. The Morgan fingerprint density at radius 1 is 1.44 bits per heavy atom. The van der Waals surface area contributed by atoms with Gasteiger partial charge in [-0.3, -0.25) is 10.1 Å². The van der Waals surface area contributed by atoms with Crippen LogP contribution in [0.1, 0.15) is 31.9 Å². The fourth-order valence-electron chi connectivity index (χ4n) is 3.99. The molecule has 2 atom stereocenters. The summed E-state index contributed by atoms with van der Waals surface area (Å²) in [4.78, 5) is 23.2. The van der Waals surface area contributed by atoms with Gasteiger partial charge < -0.3 is 9.80 Å². The van der Waals surface area contributed by atoms with Gasteiger partial charge in [-0.2, -0.15) is 23.4 Å². The second-order valence-corrected chi connectivity index (χ2v) is 7.72. The summed E-state index contributed by atoms with van der Waals surface area (Å²) < 4.78 is 39.8. The third-order valence-corrected chi connectivity index (χ3v) is 5.89. The van der Waals surface area contributed by atoms with Crippen LogP contribution in [0.2, 0.25) is 0 Å². The predicted octanol–water partition coefficient (Wildman–Crippen LogP) is 1.91. The van der Waals surface area contributed by atoms with Gasteiger partial charge in [-0.15, -0.1) is 0 Å². The molecule has 3 aliphatic rings. The van der Waals surface area contributed by atoms with Gasteiger partial charge in [0.15, 0.2) is 11.9 Å². The fourth-order valence-corrected chi connectivity index (χ4v) is 3.99. The molecule has 144 valence electrons. The van der Waals surface area contributed by atoms with Crippen molar-refractivity contribution in [1.29, 1.82) is 5.26 Å². The molecule has 1 aromatic rings. The van der Waals surface area contributed by atoms with E-state index in [-0.39, 0.29) is 41.5 Å². The van der Waals surface area contributed by atoms with Gasteiger partial charge in [0.05, 0.1) is 0 Å². The highest BCUT2D eigenvalue weighted by Gasteiger charge is 2.61. The topological polar surface area (TPSA) is 85.2 Å². The smallest absolute Gasteiger partial charge is 0.355 e. The van der Waals surface area contributed by atoms with Crippen molar-refractivity contribution < 1.29 is 18.0 Å². The van der Waals surface area contributed by atoms with Crippen LogP contribution in [0.25, 0.3) is 0 Å². The van der Waals surface area contributed by atoms with Gasteiger partial charge in [-0.05, 0) is 25.7 Å². The second kappa shape index (κ2) is 5.97. The summed E-state index contributed by atoms with van der Waals surface area (Å²) in [5.41, 5.74) is -0.969. The van der Waals surface area contributed by atoms with Gasteiger partial charge >= 0.3 is 6.18 Å². The van der Waals surface area contributed by atoms with Crippen molar-refractivity contribution in [3.8, 4) is 6.19 Å². The van der Waals surface area contributed by atoms with Gasteiger partial charge in [-0.1, -0.05) is 0 Å². The Balaban J connectivity index is 1.48. The van der Waals surface area contributed by atoms with E-state index in [0.717, 1.165) is 18.9 Å². The number of aromatic nitrogens is 2. The van der Waals surface area contributed by atoms with Crippen LogP contribution in [0, 0.1) is 22.8 Å². The van der Waals surface area contributed by atoms with E-state index in [4.69, 9.17) is 5.26 Å². The zero-order valence-electron chi connectivity index (χ0n) is 14.8. The van der Waals surface area contributed by atoms with Crippen LogP contribution in [0.5, 0.6) is 0 Å². The molecule has 1 unspecified atom stereocenters. The molecular weight excluding hydrogens is 361 g/mol. The zero-order valence-corrected chi connectivity index (χ0v) is 14.8. The minimum atomic E-state index is -4.53. The molecule has 1 amide bonds. The molecule has 2 aliphatic heterocycles. The average Bonchev–Trinajstić information content (AvgIpc) is 3.25. The quantitative estimate of drug-likeness (QED) is 0.635. The first kappa shape index (κ1) is 17.8. The van der Waals surface area contributed by atoms with Crippen molar-refractivity contribution in [2.24, 2.45) is 11.3 Å². The molecule has 4 rings (SSSR count). The van der Waals surface area contributed by atoms with Gasteiger partial charge in [0, 0.05) is 43.6 Å². The van der Waals surface area contributed by atoms with Crippen LogP contribution in [0.4, 0.5) is 24.9 Å². The largest absolute Gasteiger partial charge is 0.433 e. The Morgan fingerprint density at radius 3 is 2.74 bits per heavy atom. The number of hydrogen-bond donors (Lipinski definition) is 1. The Hall–Kier alpha value is -2.57. The summed E-state index contributed by atoms with van der Waals surface area (Å²) >= 11 is 0. The van der Waals surface area contributed by atoms with Crippen molar-refractivity contribution in [3.05, 3.63) is 11.8 Å². The van der Waals surface area contributed by atoms with Gasteiger partial charge in [0.1, 0.15) is 5.82 Å². The number of carbonyl (C=O) groups excluding carboxylic acids is 1. The van der Waals surface area contributed by atoms with Crippen LogP contribution < -0.4 is 15.1 Å². The lowest BCUT2D eigenvalue weighted by Crippen LogP contribution is -2.51. The molecule has 1 saturated carbocycles. The van der Waals surface area contributed by atoms with E-state index >= 15 is 0 Å². The monoisotopic (exact) mass is 380 g/mol. The number of amides is 1. The number of hydrogen-bond acceptors (Lipinski definition) is 6. The molecular formula is C17H19F3N6O. The number of rotatable bonds is 4. The minimum Gasteiger partial charge on any atom is -0.355 e. The summed E-state index contributed by atoms with van der Waals surface area (Å²) in [5, 5.41) is 10.6. The van der Waals surface area contributed by atoms with E-state index in [9.17, 15) is 18.0 Å². The standard InChI is InChI=1S/C17H19F3N6O/c1-10-2-3-26(10)15-23-12(17(18,19)20)5-13(24-15)25-7-16(8-25)6-11(16)4-14(27)22-9-21/h5,10-11H,2-4,6-8H2,1H3,(H,22,27)/t10-,11?/m0/s1. The maximum Gasteiger partial charge on any atom is 0.433 e. The molecule has 1 aliphatic carbocycles. The van der Waals surface area contributed by atoms with Crippen LogP contribution >= 0.6 is 0 Å². The summed E-state index contributed by atoms with van der Waals surface area (Å²) in [7, 11) is 0. The highest BCUT2D eigenvalue weighted by molar-refractivity contribution is 5.78. The molecule has 1 aromatic heterocycles. The van der Waals surface area contributed by atoms with Crippen LogP contribution in [0.3, 0.4) is 0 Å². The van der Waals surface area contributed by atoms with E-state index in [1.54, 1.807) is 11.1 Å². The molecule has 2 saturated heterocycles. The maximum atomic E-state index is 13.3. The van der Waals surface area contributed by atoms with E-state index in [1.165, 1.54) is 0 Å². The number of alkyl halides is 3. The molecule has 10 heteroatoms. The highest BCUT2D eigenvalue weighted by Crippen LogP contribution is 2.60. The third kappa shape index (κ3) is 3.15. The Labute approximate surface area is 154 Å². The van der Waals surface area contributed by atoms with Gasteiger partial charge in [0.25, 0.3) is 0 Å². The minimum absolute atomic E-state index is 0.0413. The summed E-state index contributed by atoms with van der Waals surface area (Å²) in [6, 6.07) is 1.14. The van der Waals surface area contributed by atoms with Crippen molar-refractivity contribution in [2.75, 3.05) is 29.4 Å². The number of halogens is 3. The van der Waals surface area contributed by atoms with E-state index < -0.39 is 11.9 Å². The molecule has 3 fully saturated rings. The van der Waals surface area contributed by atoms with Crippen molar-refractivity contribution in [3.63, 3.8) is 0 Å². The summed E-state index contributed by atoms with van der Waals surface area (Å²) in [6.07, 6.45) is -0.888. The lowest BCUT2D eigenvalue weighted by molar-refractivity contribution is -0.141. The van der Waals surface area contributed by atoms with Crippen molar-refractivity contribution in [1.82, 2.24) is 15.3 Å². The molecule has 3 heterocycles. The fraction of sp³-hybridized carbons (Fsp3) is 0.647. The lowest BCUT2D eigenvalue weighted by atomic mass is 9.92. The maximum absolute atomic E-state index is 13.3. The number of nitriles is 1. The first-order valence-corrected chi connectivity index (χ1v) is 8.88. The van der Waals surface area contributed by atoms with Crippen LogP contribution in [-0.2, 0) is 11.0 Å². The normalized spacial score (nSPS) is 25.4. The van der Waals surface area contributed by atoms with E-state index in [2.05, 4.69) is 15.3 Å². The third-order valence-electron chi connectivity index (χ3n) is 5.89. The first-order chi connectivity index (χ1) is 12.7. The lowest BCUT2D eigenvalue weighted by Gasteiger charge is -2.43. The first-order valence-electron chi connectivity index (χ1n) is 8.88. The molecule has 7 nitrogen and oxygen atoms in total. The van der Waals surface area contributed by atoms with Gasteiger partial charge in [-0.25, -0.2) is 4.98 Å². The van der Waals surface area contributed by atoms with Crippen molar-refractivity contribution >= 4 is 17.7 Å². The number of anilines is 2. The zero-order chi connectivity index (χ0) is 19.4. The Bertz CT molecular complexity index is 814. The van der Waals surface area contributed by atoms with E-state index in [0.29, 0.717) is 19.6 Å². The predicted molar refractivity (Wildman–Crippen MR) is 89.6 cm³/mol. The number of carbonyl (C=O) groups is 1. The summed E-state index contributed by atoms with van der Waals surface area (Å²) in [6.45, 7) is 3.73. The Morgan fingerprint density at radius 2 is 2.19 bits per heavy atom. The SMILES string of the molecule is C[C@H]1CCN1c1nc(N2CC3(CC3CC(=O)NC#N)C2)cc(C(F)(F)F)n1. The van der Waals surface area contributed by atoms with E-state index in [1.807, 2.05) is 11.8 Å². The molecule has 0 aromatic carbocycles. The second-order valence-electron chi connectivity index (χ2n) is 7.72. The van der Waals surface area contributed by atoms with Crippen molar-refractivity contribution in [2.45, 2.75) is 38.4 Å². The molecule has 27 heavy (non-hydrogen) atoms.